The molecule has 2 nitrogen and oxygen atoms in total. The third-order valence-corrected chi connectivity index (χ3v) is 2.87. The lowest BCUT2D eigenvalue weighted by Crippen LogP contribution is -2.05. The zero-order valence-electron chi connectivity index (χ0n) is 11.2. The van der Waals surface area contributed by atoms with Crippen molar-refractivity contribution in [3.63, 3.8) is 0 Å². The molecule has 1 N–H and O–H groups in total. The summed E-state index contributed by atoms with van der Waals surface area (Å²) in [6.45, 7) is 3.20. The average Bonchev–Trinajstić information content (AvgIpc) is 2.40. The van der Waals surface area contributed by atoms with E-state index in [4.69, 9.17) is 4.74 Å². The molecule has 0 aliphatic carbocycles. The van der Waals surface area contributed by atoms with E-state index in [1.807, 2.05) is 50.4 Å². The molecule has 0 bridgehead atoms. The summed E-state index contributed by atoms with van der Waals surface area (Å²) in [5.74, 6) is 0.556. The maximum atomic E-state index is 14.1. The van der Waals surface area contributed by atoms with Crippen LogP contribution in [0, 0.1) is 5.82 Å². The van der Waals surface area contributed by atoms with Crippen molar-refractivity contribution >= 4 is 0 Å². The minimum atomic E-state index is -0.207. The largest absolute Gasteiger partial charge is 0.494 e. The first kappa shape index (κ1) is 13.6. The number of rotatable bonds is 5. The maximum Gasteiger partial charge on any atom is 0.131 e. The second-order valence-corrected chi connectivity index (χ2v) is 4.31. The maximum absolute atomic E-state index is 14.1. The third kappa shape index (κ3) is 3.32. The van der Waals surface area contributed by atoms with Gasteiger partial charge in [-0.15, -0.1) is 0 Å². The van der Waals surface area contributed by atoms with Gasteiger partial charge in [-0.1, -0.05) is 24.3 Å². The van der Waals surface area contributed by atoms with Crippen LogP contribution in [-0.4, -0.2) is 13.7 Å². The van der Waals surface area contributed by atoms with E-state index in [2.05, 4.69) is 5.32 Å². The Morgan fingerprint density at radius 2 is 2.00 bits per heavy atom. The number of hydrogen-bond acceptors (Lipinski definition) is 2. The van der Waals surface area contributed by atoms with Gasteiger partial charge in [-0.3, -0.25) is 0 Å². The number of ether oxygens (including phenoxy) is 1. The van der Waals surface area contributed by atoms with Crippen molar-refractivity contribution in [1.82, 2.24) is 5.32 Å². The summed E-state index contributed by atoms with van der Waals surface area (Å²) in [5, 5.41) is 3.01. The van der Waals surface area contributed by atoms with E-state index in [-0.39, 0.29) is 5.82 Å². The standard InChI is InChI=1S/C16H18FNO/c1-3-19-14-6-4-5-13(10-14)15-8-7-12(11-18-2)9-16(15)17/h4-10,18H,3,11H2,1-2H3. The molecule has 0 unspecified atom stereocenters. The molecular formula is C16H18FNO. The van der Waals surface area contributed by atoms with Gasteiger partial charge >= 0.3 is 0 Å². The van der Waals surface area contributed by atoms with E-state index in [9.17, 15) is 4.39 Å². The lowest BCUT2D eigenvalue weighted by atomic mass is 10.0. The van der Waals surface area contributed by atoms with Gasteiger partial charge in [0, 0.05) is 12.1 Å². The highest BCUT2D eigenvalue weighted by Gasteiger charge is 2.07. The molecule has 0 saturated carbocycles. The number of halogens is 1. The lowest BCUT2D eigenvalue weighted by molar-refractivity contribution is 0.340. The monoisotopic (exact) mass is 259 g/mol. The highest BCUT2D eigenvalue weighted by atomic mass is 19.1. The van der Waals surface area contributed by atoms with Crippen LogP contribution in [-0.2, 0) is 6.54 Å². The molecule has 3 heteroatoms. The van der Waals surface area contributed by atoms with Crippen LogP contribution in [0.15, 0.2) is 42.5 Å². The normalized spacial score (nSPS) is 10.5. The van der Waals surface area contributed by atoms with Gasteiger partial charge in [0.2, 0.25) is 0 Å². The Morgan fingerprint density at radius 3 is 2.68 bits per heavy atom. The molecule has 0 amide bonds. The van der Waals surface area contributed by atoms with Crippen LogP contribution in [0.2, 0.25) is 0 Å². The molecule has 0 aromatic heterocycles. The van der Waals surface area contributed by atoms with Crippen LogP contribution < -0.4 is 10.1 Å². The van der Waals surface area contributed by atoms with E-state index in [0.29, 0.717) is 18.7 Å². The van der Waals surface area contributed by atoms with E-state index in [1.54, 1.807) is 6.07 Å². The van der Waals surface area contributed by atoms with Crippen molar-refractivity contribution in [2.24, 2.45) is 0 Å². The van der Waals surface area contributed by atoms with Crippen LogP contribution in [0.4, 0.5) is 4.39 Å². The molecular weight excluding hydrogens is 241 g/mol. The van der Waals surface area contributed by atoms with Crippen LogP contribution in [0.1, 0.15) is 12.5 Å². The van der Waals surface area contributed by atoms with E-state index in [1.165, 1.54) is 0 Å². The second-order valence-electron chi connectivity index (χ2n) is 4.31. The first-order chi connectivity index (χ1) is 9.24. The number of nitrogens with one attached hydrogen (secondary N) is 1. The SMILES string of the molecule is CCOc1cccc(-c2ccc(CNC)cc2F)c1. The smallest absolute Gasteiger partial charge is 0.131 e. The Kier molecular flexibility index (Phi) is 4.53. The van der Waals surface area contributed by atoms with Gasteiger partial charge in [0.1, 0.15) is 11.6 Å². The quantitative estimate of drug-likeness (QED) is 0.885. The Morgan fingerprint density at radius 1 is 1.16 bits per heavy atom. The summed E-state index contributed by atoms with van der Waals surface area (Å²) in [4.78, 5) is 0. The first-order valence-electron chi connectivity index (χ1n) is 6.41. The summed E-state index contributed by atoms with van der Waals surface area (Å²) in [6, 6.07) is 12.8. The van der Waals surface area contributed by atoms with Crippen molar-refractivity contribution in [2.75, 3.05) is 13.7 Å². The topological polar surface area (TPSA) is 21.3 Å². The predicted octanol–water partition coefficient (Wildman–Crippen LogP) is 3.61. The van der Waals surface area contributed by atoms with E-state index >= 15 is 0 Å². The number of hydrogen-bond donors (Lipinski definition) is 1. The van der Waals surface area contributed by atoms with Gasteiger partial charge in [-0.05, 0) is 43.3 Å². The third-order valence-electron chi connectivity index (χ3n) is 2.87. The number of benzene rings is 2. The molecule has 100 valence electrons. The van der Waals surface area contributed by atoms with Gasteiger partial charge < -0.3 is 10.1 Å². The first-order valence-corrected chi connectivity index (χ1v) is 6.41. The Hall–Kier alpha value is -1.87. The van der Waals surface area contributed by atoms with E-state index < -0.39 is 0 Å². The molecule has 0 atom stereocenters. The second kappa shape index (κ2) is 6.34. The Bertz CT molecular complexity index is 554. The Balaban J connectivity index is 2.33. The molecule has 0 aliphatic rings. The van der Waals surface area contributed by atoms with Crippen LogP contribution in [0.25, 0.3) is 11.1 Å². The van der Waals surface area contributed by atoms with Gasteiger partial charge in [-0.25, -0.2) is 4.39 Å². The van der Waals surface area contributed by atoms with Crippen molar-refractivity contribution in [3.8, 4) is 16.9 Å². The Labute approximate surface area is 113 Å². The molecule has 2 aromatic carbocycles. The zero-order valence-corrected chi connectivity index (χ0v) is 11.2. The minimum absolute atomic E-state index is 0.207. The summed E-state index contributed by atoms with van der Waals surface area (Å²) in [5.41, 5.74) is 2.37. The molecule has 19 heavy (non-hydrogen) atoms. The average molecular weight is 259 g/mol. The fourth-order valence-electron chi connectivity index (χ4n) is 2.03. The molecule has 2 rings (SSSR count). The van der Waals surface area contributed by atoms with E-state index in [0.717, 1.165) is 16.9 Å². The fraction of sp³-hybridized carbons (Fsp3) is 0.250. The van der Waals surface area contributed by atoms with Crippen molar-refractivity contribution in [1.29, 1.82) is 0 Å². The summed E-state index contributed by atoms with van der Waals surface area (Å²) in [6.07, 6.45) is 0. The minimum Gasteiger partial charge on any atom is -0.494 e. The molecule has 0 heterocycles. The molecule has 0 fully saturated rings. The van der Waals surface area contributed by atoms with Gasteiger partial charge in [0.25, 0.3) is 0 Å². The van der Waals surface area contributed by atoms with Gasteiger partial charge in [0.05, 0.1) is 6.61 Å². The van der Waals surface area contributed by atoms with Crippen molar-refractivity contribution in [2.45, 2.75) is 13.5 Å². The van der Waals surface area contributed by atoms with Crippen molar-refractivity contribution in [3.05, 3.63) is 53.8 Å². The van der Waals surface area contributed by atoms with Crippen LogP contribution in [0.5, 0.6) is 5.75 Å². The van der Waals surface area contributed by atoms with Crippen molar-refractivity contribution < 1.29 is 9.13 Å². The fourth-order valence-corrected chi connectivity index (χ4v) is 2.03. The summed E-state index contributed by atoms with van der Waals surface area (Å²) < 4.78 is 19.5. The molecule has 0 spiro atoms. The lowest BCUT2D eigenvalue weighted by Gasteiger charge is -2.08. The zero-order chi connectivity index (χ0) is 13.7. The van der Waals surface area contributed by atoms with Gasteiger partial charge in [0.15, 0.2) is 0 Å². The predicted molar refractivity (Wildman–Crippen MR) is 75.8 cm³/mol. The molecule has 0 aliphatic heterocycles. The summed E-state index contributed by atoms with van der Waals surface area (Å²) in [7, 11) is 1.84. The summed E-state index contributed by atoms with van der Waals surface area (Å²) >= 11 is 0. The molecule has 0 radical (unpaired) electrons. The highest BCUT2D eigenvalue weighted by Crippen LogP contribution is 2.27. The molecule has 2 aromatic rings. The highest BCUT2D eigenvalue weighted by molar-refractivity contribution is 5.66. The van der Waals surface area contributed by atoms with Crippen LogP contribution in [0.3, 0.4) is 0 Å². The molecule has 0 saturated heterocycles. The van der Waals surface area contributed by atoms with Crippen LogP contribution >= 0.6 is 0 Å². The van der Waals surface area contributed by atoms with Gasteiger partial charge in [-0.2, -0.15) is 0 Å².